The van der Waals surface area contributed by atoms with Crippen molar-refractivity contribution in [2.45, 2.75) is 32.8 Å². The predicted molar refractivity (Wildman–Crippen MR) is 111 cm³/mol. The molecule has 6 nitrogen and oxygen atoms in total. The van der Waals surface area contributed by atoms with Crippen LogP contribution in [-0.4, -0.2) is 42.5 Å². The fourth-order valence-corrected chi connectivity index (χ4v) is 3.37. The summed E-state index contributed by atoms with van der Waals surface area (Å²) in [6.45, 7) is 4.92. The maximum Gasteiger partial charge on any atom is 0.254 e. The summed E-state index contributed by atoms with van der Waals surface area (Å²) >= 11 is 0. The molecule has 1 saturated heterocycles. The number of anilines is 1. The second-order valence-electron chi connectivity index (χ2n) is 7.31. The van der Waals surface area contributed by atoms with E-state index < -0.39 is 0 Å². The first kappa shape index (κ1) is 20.6. The Morgan fingerprint density at radius 1 is 1.21 bits per heavy atom. The Balaban J connectivity index is 1.75. The van der Waals surface area contributed by atoms with Gasteiger partial charge in [-0.05, 0) is 68.1 Å². The van der Waals surface area contributed by atoms with Crippen molar-refractivity contribution in [1.29, 1.82) is 5.26 Å². The second-order valence-corrected chi connectivity index (χ2v) is 7.31. The number of nitrogens with zero attached hydrogens (tertiary/aromatic N) is 2. The predicted octanol–water partition coefficient (Wildman–Crippen LogP) is 3.44. The molecule has 0 unspecified atom stereocenters. The molecule has 29 heavy (non-hydrogen) atoms. The Bertz CT molecular complexity index is 925. The Hall–Kier alpha value is -3.17. The monoisotopic (exact) mass is 391 g/mol. The number of nitrogens with one attached hydrogen (secondary N) is 1. The molecule has 1 aliphatic heterocycles. The molecule has 1 N–H and O–H groups in total. The van der Waals surface area contributed by atoms with Crippen LogP contribution in [0.15, 0.2) is 42.5 Å². The number of carbonyl (C=O) groups is 2. The van der Waals surface area contributed by atoms with E-state index in [1.807, 2.05) is 38.1 Å². The average molecular weight is 391 g/mol. The fraction of sp³-hybridized carbons (Fsp3) is 0.348. The van der Waals surface area contributed by atoms with Crippen molar-refractivity contribution in [2.24, 2.45) is 0 Å². The lowest BCUT2D eigenvalue weighted by molar-refractivity contribution is -0.117. The summed E-state index contributed by atoms with van der Waals surface area (Å²) in [6, 6.07) is 14.2. The van der Waals surface area contributed by atoms with E-state index in [0.717, 1.165) is 29.7 Å². The topological polar surface area (TPSA) is 82.4 Å². The van der Waals surface area contributed by atoms with Crippen molar-refractivity contribution in [3.8, 4) is 6.07 Å². The zero-order valence-corrected chi connectivity index (χ0v) is 16.8. The van der Waals surface area contributed by atoms with Crippen molar-refractivity contribution in [1.82, 2.24) is 4.90 Å². The number of benzene rings is 2. The van der Waals surface area contributed by atoms with Gasteiger partial charge in [-0.15, -0.1) is 0 Å². The molecule has 2 amide bonds. The molecule has 0 spiro atoms. The smallest absolute Gasteiger partial charge is 0.254 e. The number of rotatable bonds is 6. The fourth-order valence-electron chi connectivity index (χ4n) is 3.37. The van der Waals surface area contributed by atoms with Gasteiger partial charge in [0, 0.05) is 24.4 Å². The van der Waals surface area contributed by atoms with E-state index in [4.69, 9.17) is 10.00 Å². The lowest BCUT2D eigenvalue weighted by atomic mass is 10.1. The minimum atomic E-state index is -0.251. The van der Waals surface area contributed by atoms with Crippen LogP contribution in [0.2, 0.25) is 0 Å². The van der Waals surface area contributed by atoms with Crippen molar-refractivity contribution >= 4 is 17.5 Å². The van der Waals surface area contributed by atoms with Gasteiger partial charge in [0.05, 0.1) is 17.7 Å². The SMILES string of the molecule is Cc1cccc(NC(=O)CN(C[C@@H]2CCCO2)C(=O)c2ccc(C#N)cc2)c1C. The summed E-state index contributed by atoms with van der Waals surface area (Å²) in [5.74, 6) is -0.500. The number of aryl methyl sites for hydroxylation is 1. The van der Waals surface area contributed by atoms with Gasteiger partial charge < -0.3 is 15.0 Å². The molecule has 1 heterocycles. The normalized spacial score (nSPS) is 15.6. The first-order valence-corrected chi connectivity index (χ1v) is 9.75. The maximum atomic E-state index is 13.0. The van der Waals surface area contributed by atoms with Gasteiger partial charge in [0.25, 0.3) is 5.91 Å². The molecule has 0 radical (unpaired) electrons. The Kier molecular flexibility index (Phi) is 6.63. The van der Waals surface area contributed by atoms with Gasteiger partial charge in [-0.25, -0.2) is 0 Å². The molecule has 1 aliphatic rings. The van der Waals surface area contributed by atoms with Gasteiger partial charge in [0.1, 0.15) is 6.54 Å². The van der Waals surface area contributed by atoms with E-state index in [0.29, 0.717) is 24.3 Å². The van der Waals surface area contributed by atoms with Crippen LogP contribution in [0, 0.1) is 25.2 Å². The number of hydrogen-bond donors (Lipinski definition) is 1. The minimum absolute atomic E-state index is 0.0634. The Labute approximate surface area is 171 Å². The highest BCUT2D eigenvalue weighted by Crippen LogP contribution is 2.19. The van der Waals surface area contributed by atoms with Gasteiger partial charge in [-0.3, -0.25) is 9.59 Å². The van der Waals surface area contributed by atoms with Crippen LogP contribution < -0.4 is 5.32 Å². The third-order valence-electron chi connectivity index (χ3n) is 5.21. The number of hydrogen-bond acceptors (Lipinski definition) is 4. The first-order chi connectivity index (χ1) is 14.0. The molecular weight excluding hydrogens is 366 g/mol. The van der Waals surface area contributed by atoms with Crippen LogP contribution in [0.4, 0.5) is 5.69 Å². The number of carbonyl (C=O) groups excluding carboxylic acids is 2. The van der Waals surface area contributed by atoms with E-state index in [1.165, 1.54) is 4.90 Å². The summed E-state index contributed by atoms with van der Waals surface area (Å²) in [5.41, 5.74) is 3.77. The van der Waals surface area contributed by atoms with Crippen LogP contribution in [0.1, 0.15) is 39.9 Å². The molecule has 0 bridgehead atoms. The summed E-state index contributed by atoms with van der Waals surface area (Å²) < 4.78 is 5.67. The van der Waals surface area contributed by atoms with Crippen molar-refractivity contribution in [2.75, 3.05) is 25.0 Å². The molecule has 0 saturated carbocycles. The van der Waals surface area contributed by atoms with Crippen LogP contribution in [0.3, 0.4) is 0 Å². The zero-order chi connectivity index (χ0) is 20.8. The zero-order valence-electron chi connectivity index (χ0n) is 16.8. The highest BCUT2D eigenvalue weighted by molar-refractivity contribution is 5.99. The molecule has 2 aromatic carbocycles. The summed E-state index contributed by atoms with van der Waals surface area (Å²) in [4.78, 5) is 27.3. The lowest BCUT2D eigenvalue weighted by Crippen LogP contribution is -2.42. The van der Waals surface area contributed by atoms with Crippen LogP contribution in [0.25, 0.3) is 0 Å². The lowest BCUT2D eigenvalue weighted by Gasteiger charge is -2.25. The molecule has 0 aromatic heterocycles. The largest absolute Gasteiger partial charge is 0.376 e. The van der Waals surface area contributed by atoms with E-state index in [9.17, 15) is 9.59 Å². The van der Waals surface area contributed by atoms with Gasteiger partial charge in [-0.1, -0.05) is 12.1 Å². The second kappa shape index (κ2) is 9.35. The average Bonchev–Trinajstić information content (AvgIpc) is 3.23. The van der Waals surface area contributed by atoms with Gasteiger partial charge in [0.15, 0.2) is 0 Å². The summed E-state index contributed by atoms with van der Waals surface area (Å²) in [6.07, 6.45) is 1.76. The van der Waals surface area contributed by atoms with Crippen LogP contribution in [0.5, 0.6) is 0 Å². The number of amides is 2. The molecule has 0 aliphatic carbocycles. The van der Waals surface area contributed by atoms with E-state index >= 15 is 0 Å². The summed E-state index contributed by atoms with van der Waals surface area (Å²) in [5, 5.41) is 11.9. The molecular formula is C23H25N3O3. The molecule has 2 aromatic rings. The van der Waals surface area contributed by atoms with E-state index in [-0.39, 0.29) is 24.5 Å². The standard InChI is InChI=1S/C23H25N3O3/c1-16-5-3-7-21(17(16)2)25-22(27)15-26(14-20-6-4-12-29-20)23(28)19-10-8-18(13-24)9-11-19/h3,5,7-11,20H,4,6,12,14-15H2,1-2H3,(H,25,27)/t20-/m0/s1. The van der Waals surface area contributed by atoms with E-state index in [2.05, 4.69) is 5.32 Å². The van der Waals surface area contributed by atoms with Gasteiger partial charge >= 0.3 is 0 Å². The van der Waals surface area contributed by atoms with Crippen molar-refractivity contribution < 1.29 is 14.3 Å². The number of ether oxygens (including phenoxy) is 1. The highest BCUT2D eigenvalue weighted by Gasteiger charge is 2.25. The summed E-state index contributed by atoms with van der Waals surface area (Å²) in [7, 11) is 0. The highest BCUT2D eigenvalue weighted by atomic mass is 16.5. The van der Waals surface area contributed by atoms with Gasteiger partial charge in [0.2, 0.25) is 5.91 Å². The van der Waals surface area contributed by atoms with Crippen molar-refractivity contribution in [3.05, 3.63) is 64.7 Å². The van der Waals surface area contributed by atoms with Crippen molar-refractivity contribution in [3.63, 3.8) is 0 Å². The first-order valence-electron chi connectivity index (χ1n) is 9.75. The minimum Gasteiger partial charge on any atom is -0.376 e. The third-order valence-corrected chi connectivity index (χ3v) is 5.21. The maximum absolute atomic E-state index is 13.0. The van der Waals surface area contributed by atoms with Crippen LogP contribution >= 0.6 is 0 Å². The van der Waals surface area contributed by atoms with Crippen LogP contribution in [-0.2, 0) is 9.53 Å². The third kappa shape index (κ3) is 5.21. The van der Waals surface area contributed by atoms with E-state index in [1.54, 1.807) is 24.3 Å². The Morgan fingerprint density at radius 2 is 1.97 bits per heavy atom. The quantitative estimate of drug-likeness (QED) is 0.818. The molecule has 1 atom stereocenters. The molecule has 150 valence electrons. The molecule has 6 heteroatoms. The Morgan fingerprint density at radius 3 is 2.62 bits per heavy atom. The van der Waals surface area contributed by atoms with Gasteiger partial charge in [-0.2, -0.15) is 5.26 Å². The molecule has 3 rings (SSSR count). The molecule has 1 fully saturated rings. The number of nitriles is 1.